The second kappa shape index (κ2) is 3.12. The van der Waals surface area contributed by atoms with Gasteiger partial charge < -0.3 is 10.2 Å². The molecule has 0 atom stereocenters. The lowest BCUT2D eigenvalue weighted by Gasteiger charge is -1.89. The highest BCUT2D eigenvalue weighted by atomic mass is 16.6. The number of nitro benzene ring substituents is 1. The standard InChI is InChI=1S/C9H8N2O3/c10-5-8-3-6-1-2-7(11(12)13)4-9(6)14-8/h1-4H,5,10H2. The van der Waals surface area contributed by atoms with Crippen LogP contribution in [0.2, 0.25) is 0 Å². The van der Waals surface area contributed by atoms with E-state index in [9.17, 15) is 10.1 Å². The van der Waals surface area contributed by atoms with E-state index in [1.54, 1.807) is 12.1 Å². The molecule has 0 bridgehead atoms. The Kier molecular flexibility index (Phi) is 1.94. The Balaban J connectivity index is 2.59. The van der Waals surface area contributed by atoms with Crippen LogP contribution in [-0.4, -0.2) is 4.92 Å². The van der Waals surface area contributed by atoms with E-state index in [0.29, 0.717) is 17.9 Å². The second-order valence-corrected chi connectivity index (χ2v) is 2.90. The van der Waals surface area contributed by atoms with E-state index in [1.165, 1.54) is 12.1 Å². The number of benzene rings is 1. The molecule has 2 rings (SSSR count). The molecule has 1 aromatic carbocycles. The molecule has 1 aromatic heterocycles. The van der Waals surface area contributed by atoms with Crippen LogP contribution in [-0.2, 0) is 6.54 Å². The summed E-state index contributed by atoms with van der Waals surface area (Å²) in [5.74, 6) is 0.625. The molecular formula is C9H8N2O3. The van der Waals surface area contributed by atoms with Crippen molar-refractivity contribution in [2.45, 2.75) is 6.54 Å². The number of furan rings is 1. The second-order valence-electron chi connectivity index (χ2n) is 2.90. The summed E-state index contributed by atoms with van der Waals surface area (Å²) >= 11 is 0. The van der Waals surface area contributed by atoms with Gasteiger partial charge in [-0.2, -0.15) is 0 Å². The predicted molar refractivity (Wildman–Crippen MR) is 50.8 cm³/mol. The molecule has 2 aromatic rings. The van der Waals surface area contributed by atoms with Gasteiger partial charge in [-0.15, -0.1) is 0 Å². The molecule has 5 nitrogen and oxygen atoms in total. The lowest BCUT2D eigenvalue weighted by Crippen LogP contribution is -1.92. The fraction of sp³-hybridized carbons (Fsp3) is 0.111. The number of nitrogens with two attached hydrogens (primary N) is 1. The van der Waals surface area contributed by atoms with Crippen LogP contribution in [0, 0.1) is 10.1 Å². The Morgan fingerprint density at radius 1 is 1.43 bits per heavy atom. The molecule has 0 aliphatic carbocycles. The zero-order valence-corrected chi connectivity index (χ0v) is 7.27. The van der Waals surface area contributed by atoms with Gasteiger partial charge in [-0.05, 0) is 12.1 Å². The fourth-order valence-corrected chi connectivity index (χ4v) is 1.29. The molecule has 72 valence electrons. The topological polar surface area (TPSA) is 82.3 Å². The molecular weight excluding hydrogens is 184 g/mol. The third-order valence-electron chi connectivity index (χ3n) is 1.97. The minimum Gasteiger partial charge on any atom is -0.459 e. The summed E-state index contributed by atoms with van der Waals surface area (Å²) in [7, 11) is 0. The summed E-state index contributed by atoms with van der Waals surface area (Å²) in [5, 5.41) is 11.3. The number of fused-ring (bicyclic) bond motifs is 1. The first kappa shape index (κ1) is 8.71. The van der Waals surface area contributed by atoms with E-state index >= 15 is 0 Å². The maximum atomic E-state index is 10.5. The molecule has 0 amide bonds. The Labute approximate surface area is 79.3 Å². The largest absolute Gasteiger partial charge is 0.459 e. The summed E-state index contributed by atoms with van der Waals surface area (Å²) in [4.78, 5) is 10.0. The smallest absolute Gasteiger partial charge is 0.273 e. The number of rotatable bonds is 2. The van der Waals surface area contributed by atoms with Gasteiger partial charge in [0.05, 0.1) is 17.5 Å². The highest BCUT2D eigenvalue weighted by Crippen LogP contribution is 2.23. The molecule has 0 saturated heterocycles. The van der Waals surface area contributed by atoms with Crippen molar-refractivity contribution in [1.82, 2.24) is 0 Å². The van der Waals surface area contributed by atoms with Crippen molar-refractivity contribution in [3.63, 3.8) is 0 Å². The average molecular weight is 192 g/mol. The molecule has 0 radical (unpaired) electrons. The third-order valence-corrected chi connectivity index (χ3v) is 1.97. The molecule has 14 heavy (non-hydrogen) atoms. The molecule has 0 aliphatic heterocycles. The Hall–Kier alpha value is -1.88. The summed E-state index contributed by atoms with van der Waals surface area (Å²) in [6, 6.07) is 6.27. The van der Waals surface area contributed by atoms with Crippen LogP contribution in [0.3, 0.4) is 0 Å². The first-order valence-electron chi connectivity index (χ1n) is 4.07. The van der Waals surface area contributed by atoms with Crippen molar-refractivity contribution >= 4 is 16.7 Å². The maximum absolute atomic E-state index is 10.5. The molecule has 2 N–H and O–H groups in total. The van der Waals surface area contributed by atoms with Crippen LogP contribution in [0.25, 0.3) is 11.0 Å². The quantitative estimate of drug-likeness (QED) is 0.580. The Morgan fingerprint density at radius 3 is 2.86 bits per heavy atom. The molecule has 5 heteroatoms. The van der Waals surface area contributed by atoms with Crippen LogP contribution in [0.5, 0.6) is 0 Å². The van der Waals surface area contributed by atoms with E-state index in [2.05, 4.69) is 0 Å². The summed E-state index contributed by atoms with van der Waals surface area (Å²) in [6.45, 7) is 0.294. The normalized spacial score (nSPS) is 10.6. The zero-order valence-electron chi connectivity index (χ0n) is 7.27. The monoisotopic (exact) mass is 192 g/mol. The molecule has 0 saturated carbocycles. The molecule has 0 spiro atoms. The number of hydrogen-bond donors (Lipinski definition) is 1. The predicted octanol–water partition coefficient (Wildman–Crippen LogP) is 1.80. The molecule has 0 aliphatic rings. The number of nitrogens with zero attached hydrogens (tertiary/aromatic N) is 1. The minimum absolute atomic E-state index is 0.0235. The van der Waals surface area contributed by atoms with Crippen molar-refractivity contribution in [1.29, 1.82) is 0 Å². The van der Waals surface area contributed by atoms with Crippen molar-refractivity contribution in [3.8, 4) is 0 Å². The van der Waals surface area contributed by atoms with Crippen LogP contribution >= 0.6 is 0 Å². The van der Waals surface area contributed by atoms with Crippen LogP contribution in [0.4, 0.5) is 5.69 Å². The number of nitro groups is 1. The number of non-ortho nitro benzene ring substituents is 1. The van der Waals surface area contributed by atoms with Crippen LogP contribution < -0.4 is 5.73 Å². The Bertz CT molecular complexity index is 490. The lowest BCUT2D eigenvalue weighted by atomic mass is 10.2. The minimum atomic E-state index is -0.454. The average Bonchev–Trinajstić information content (AvgIpc) is 2.58. The fourth-order valence-electron chi connectivity index (χ4n) is 1.29. The molecule has 1 heterocycles. The van der Waals surface area contributed by atoms with Gasteiger partial charge in [0.2, 0.25) is 0 Å². The maximum Gasteiger partial charge on any atom is 0.273 e. The summed E-state index contributed by atoms with van der Waals surface area (Å²) in [6.07, 6.45) is 0. The van der Waals surface area contributed by atoms with E-state index in [4.69, 9.17) is 10.2 Å². The zero-order chi connectivity index (χ0) is 10.1. The van der Waals surface area contributed by atoms with Crippen molar-refractivity contribution in [2.75, 3.05) is 0 Å². The van der Waals surface area contributed by atoms with Crippen molar-refractivity contribution < 1.29 is 9.34 Å². The lowest BCUT2D eigenvalue weighted by molar-refractivity contribution is -0.384. The SMILES string of the molecule is NCc1cc2ccc([N+](=O)[O-])cc2o1. The Morgan fingerprint density at radius 2 is 2.21 bits per heavy atom. The van der Waals surface area contributed by atoms with E-state index in [-0.39, 0.29) is 5.69 Å². The highest BCUT2D eigenvalue weighted by Gasteiger charge is 2.09. The van der Waals surface area contributed by atoms with Crippen molar-refractivity contribution in [3.05, 3.63) is 40.1 Å². The summed E-state index contributed by atoms with van der Waals surface area (Å²) < 4.78 is 5.28. The van der Waals surface area contributed by atoms with Gasteiger partial charge in [0.1, 0.15) is 11.3 Å². The molecule has 0 unspecified atom stereocenters. The van der Waals surface area contributed by atoms with Crippen LogP contribution in [0.1, 0.15) is 5.76 Å². The number of hydrogen-bond acceptors (Lipinski definition) is 4. The van der Waals surface area contributed by atoms with Crippen LogP contribution in [0.15, 0.2) is 28.7 Å². The van der Waals surface area contributed by atoms with Gasteiger partial charge in [0.25, 0.3) is 5.69 Å². The van der Waals surface area contributed by atoms with E-state index in [1.807, 2.05) is 0 Å². The van der Waals surface area contributed by atoms with Crippen molar-refractivity contribution in [2.24, 2.45) is 5.73 Å². The van der Waals surface area contributed by atoms with E-state index < -0.39 is 4.92 Å². The highest BCUT2D eigenvalue weighted by molar-refractivity contribution is 5.80. The first-order valence-corrected chi connectivity index (χ1v) is 4.07. The van der Waals surface area contributed by atoms with E-state index in [0.717, 1.165) is 5.39 Å². The van der Waals surface area contributed by atoms with Gasteiger partial charge in [0, 0.05) is 11.5 Å². The van der Waals surface area contributed by atoms with Gasteiger partial charge >= 0.3 is 0 Å². The van der Waals surface area contributed by atoms with Gasteiger partial charge in [-0.25, -0.2) is 0 Å². The van der Waals surface area contributed by atoms with Gasteiger partial charge in [0.15, 0.2) is 0 Å². The molecule has 0 fully saturated rings. The first-order chi connectivity index (χ1) is 6.70. The van der Waals surface area contributed by atoms with Gasteiger partial charge in [-0.3, -0.25) is 10.1 Å². The van der Waals surface area contributed by atoms with Gasteiger partial charge in [-0.1, -0.05) is 0 Å². The summed E-state index contributed by atoms with van der Waals surface area (Å²) in [5.41, 5.74) is 5.91. The third kappa shape index (κ3) is 1.33.